The van der Waals surface area contributed by atoms with Crippen molar-refractivity contribution in [3.05, 3.63) is 58.1 Å². The molecule has 3 rings (SSSR count). The Balaban J connectivity index is 1.67. The molecule has 144 valence electrons. The number of rotatable bonds is 4. The summed E-state index contributed by atoms with van der Waals surface area (Å²) in [6, 6.07) is 10.6. The summed E-state index contributed by atoms with van der Waals surface area (Å²) in [7, 11) is 0. The molecule has 1 heterocycles. The largest absolute Gasteiger partial charge is 0.318 e. The van der Waals surface area contributed by atoms with Gasteiger partial charge in [-0.25, -0.2) is 0 Å². The molecule has 1 fully saturated rings. The fraction of sp³-hybridized carbons (Fsp3) is 0.211. The maximum atomic E-state index is 12.2. The third-order valence-electron chi connectivity index (χ3n) is 4.36. The van der Waals surface area contributed by atoms with Gasteiger partial charge in [-0.15, -0.1) is 0 Å². The highest BCUT2D eigenvalue weighted by molar-refractivity contribution is 6.43. The van der Waals surface area contributed by atoms with Crippen LogP contribution in [0.3, 0.4) is 0 Å². The van der Waals surface area contributed by atoms with Gasteiger partial charge in [-0.05, 0) is 43.2 Å². The summed E-state index contributed by atoms with van der Waals surface area (Å²) < 4.78 is 0. The lowest BCUT2D eigenvalue weighted by atomic mass is 10.2. The number of nitrogens with zero attached hydrogens (tertiary/aromatic N) is 2. The number of carbonyl (C=O) groups excluding carboxylic acids is 3. The number of carbonyl (C=O) groups is 3. The number of benzene rings is 2. The van der Waals surface area contributed by atoms with E-state index in [4.69, 9.17) is 0 Å². The van der Waals surface area contributed by atoms with Gasteiger partial charge in [0.1, 0.15) is 0 Å². The number of hydrogen-bond acceptors (Lipinski definition) is 5. The molecule has 28 heavy (non-hydrogen) atoms. The molecule has 1 aliphatic heterocycles. The Labute approximate surface area is 160 Å². The average molecular weight is 382 g/mol. The van der Waals surface area contributed by atoms with E-state index < -0.39 is 16.7 Å². The molecular formula is C19H18N4O5. The van der Waals surface area contributed by atoms with E-state index >= 15 is 0 Å². The number of anilines is 3. The Morgan fingerprint density at radius 1 is 1.11 bits per heavy atom. The van der Waals surface area contributed by atoms with E-state index in [0.29, 0.717) is 35.6 Å². The highest BCUT2D eigenvalue weighted by Gasteiger charge is 2.22. The number of nitro benzene ring substituents is 1. The molecule has 0 unspecified atom stereocenters. The Kier molecular flexibility index (Phi) is 5.35. The lowest BCUT2D eigenvalue weighted by molar-refractivity contribution is -0.384. The molecule has 0 bridgehead atoms. The smallest absolute Gasteiger partial charge is 0.314 e. The van der Waals surface area contributed by atoms with Crippen LogP contribution in [-0.4, -0.2) is 29.2 Å². The van der Waals surface area contributed by atoms with Gasteiger partial charge in [-0.1, -0.05) is 6.07 Å². The molecular weight excluding hydrogens is 364 g/mol. The minimum Gasteiger partial charge on any atom is -0.318 e. The van der Waals surface area contributed by atoms with Crippen LogP contribution in [0.4, 0.5) is 22.7 Å². The van der Waals surface area contributed by atoms with E-state index in [1.165, 1.54) is 18.2 Å². The molecule has 0 radical (unpaired) electrons. The van der Waals surface area contributed by atoms with Crippen LogP contribution < -0.4 is 15.5 Å². The van der Waals surface area contributed by atoms with Crippen molar-refractivity contribution in [1.82, 2.24) is 0 Å². The Bertz CT molecular complexity index is 973. The molecule has 0 saturated carbocycles. The molecule has 1 aliphatic rings. The number of aryl methyl sites for hydroxylation is 1. The van der Waals surface area contributed by atoms with Crippen LogP contribution in [0.1, 0.15) is 18.4 Å². The Morgan fingerprint density at radius 3 is 2.50 bits per heavy atom. The molecule has 9 heteroatoms. The van der Waals surface area contributed by atoms with Crippen LogP contribution in [-0.2, 0) is 14.4 Å². The van der Waals surface area contributed by atoms with Crippen molar-refractivity contribution in [1.29, 1.82) is 0 Å². The van der Waals surface area contributed by atoms with Gasteiger partial charge in [-0.3, -0.25) is 24.5 Å². The zero-order valence-corrected chi connectivity index (χ0v) is 15.1. The predicted molar refractivity (Wildman–Crippen MR) is 103 cm³/mol. The summed E-state index contributed by atoms with van der Waals surface area (Å²) >= 11 is 0. The van der Waals surface area contributed by atoms with E-state index in [9.17, 15) is 24.5 Å². The molecule has 3 amide bonds. The molecule has 2 aromatic rings. The monoisotopic (exact) mass is 382 g/mol. The van der Waals surface area contributed by atoms with Crippen LogP contribution in [0.5, 0.6) is 0 Å². The van der Waals surface area contributed by atoms with Crippen molar-refractivity contribution in [3.8, 4) is 0 Å². The highest BCUT2D eigenvalue weighted by atomic mass is 16.6. The van der Waals surface area contributed by atoms with Gasteiger partial charge >= 0.3 is 11.8 Å². The minimum atomic E-state index is -0.903. The molecule has 0 aromatic heterocycles. The van der Waals surface area contributed by atoms with Gasteiger partial charge in [0.05, 0.1) is 4.92 Å². The van der Waals surface area contributed by atoms with Gasteiger partial charge in [0.2, 0.25) is 5.91 Å². The van der Waals surface area contributed by atoms with E-state index in [2.05, 4.69) is 10.6 Å². The van der Waals surface area contributed by atoms with Crippen molar-refractivity contribution in [2.24, 2.45) is 0 Å². The summed E-state index contributed by atoms with van der Waals surface area (Å²) in [5.41, 5.74) is 1.71. The minimum absolute atomic E-state index is 0.0230. The fourth-order valence-electron chi connectivity index (χ4n) is 2.94. The zero-order chi connectivity index (χ0) is 20.3. The Hall–Kier alpha value is -3.75. The van der Waals surface area contributed by atoms with Crippen molar-refractivity contribution in [2.75, 3.05) is 22.1 Å². The standard InChI is InChI=1S/C19H18N4O5/c1-12-10-15(23(27)28)7-8-16(12)21-19(26)18(25)20-13-4-2-5-14(11-13)22-9-3-6-17(22)24/h2,4-5,7-8,10-11H,3,6,9H2,1H3,(H,20,25)(H,21,26). The molecule has 1 saturated heterocycles. The van der Waals surface area contributed by atoms with Crippen LogP contribution in [0.25, 0.3) is 0 Å². The molecule has 0 spiro atoms. The van der Waals surface area contributed by atoms with Crippen LogP contribution >= 0.6 is 0 Å². The fourth-order valence-corrected chi connectivity index (χ4v) is 2.94. The lowest BCUT2D eigenvalue weighted by Gasteiger charge is -2.16. The lowest BCUT2D eigenvalue weighted by Crippen LogP contribution is -2.29. The van der Waals surface area contributed by atoms with E-state index in [1.807, 2.05) is 0 Å². The maximum Gasteiger partial charge on any atom is 0.314 e. The normalized spacial score (nSPS) is 13.3. The van der Waals surface area contributed by atoms with Crippen molar-refractivity contribution >= 4 is 40.5 Å². The second kappa shape index (κ2) is 7.87. The molecule has 2 aromatic carbocycles. The predicted octanol–water partition coefficient (Wildman–Crippen LogP) is 2.61. The van der Waals surface area contributed by atoms with E-state index in [0.717, 1.165) is 6.42 Å². The van der Waals surface area contributed by atoms with Crippen molar-refractivity contribution < 1.29 is 19.3 Å². The summed E-state index contributed by atoms with van der Waals surface area (Å²) in [6.45, 7) is 2.22. The van der Waals surface area contributed by atoms with Gasteiger partial charge in [0.25, 0.3) is 5.69 Å². The first-order chi connectivity index (χ1) is 13.3. The van der Waals surface area contributed by atoms with Gasteiger partial charge in [0.15, 0.2) is 0 Å². The first-order valence-corrected chi connectivity index (χ1v) is 8.63. The zero-order valence-electron chi connectivity index (χ0n) is 15.1. The second-order valence-corrected chi connectivity index (χ2v) is 6.36. The van der Waals surface area contributed by atoms with Gasteiger partial charge < -0.3 is 15.5 Å². The van der Waals surface area contributed by atoms with E-state index in [-0.39, 0.29) is 11.6 Å². The quantitative estimate of drug-likeness (QED) is 0.478. The van der Waals surface area contributed by atoms with Crippen LogP contribution in [0, 0.1) is 17.0 Å². The summed E-state index contributed by atoms with van der Waals surface area (Å²) in [4.78, 5) is 48.1. The van der Waals surface area contributed by atoms with Crippen LogP contribution in [0.15, 0.2) is 42.5 Å². The van der Waals surface area contributed by atoms with Gasteiger partial charge in [-0.2, -0.15) is 0 Å². The third-order valence-corrected chi connectivity index (χ3v) is 4.36. The van der Waals surface area contributed by atoms with Crippen molar-refractivity contribution in [2.45, 2.75) is 19.8 Å². The number of hydrogen-bond donors (Lipinski definition) is 2. The summed E-state index contributed by atoms with van der Waals surface area (Å²) in [5.74, 6) is -1.77. The molecule has 2 N–H and O–H groups in total. The van der Waals surface area contributed by atoms with Gasteiger partial charge in [0, 0.05) is 42.2 Å². The Morgan fingerprint density at radius 2 is 1.86 bits per heavy atom. The molecule has 0 atom stereocenters. The number of non-ortho nitro benzene ring substituents is 1. The summed E-state index contributed by atoms with van der Waals surface area (Å²) in [5, 5.41) is 15.7. The topological polar surface area (TPSA) is 122 Å². The number of nitro groups is 1. The number of nitrogens with one attached hydrogen (secondary N) is 2. The second-order valence-electron chi connectivity index (χ2n) is 6.36. The summed E-state index contributed by atoms with van der Waals surface area (Å²) in [6.07, 6.45) is 1.28. The highest BCUT2D eigenvalue weighted by Crippen LogP contribution is 2.24. The maximum absolute atomic E-state index is 12.2. The molecule has 9 nitrogen and oxygen atoms in total. The van der Waals surface area contributed by atoms with Crippen LogP contribution in [0.2, 0.25) is 0 Å². The van der Waals surface area contributed by atoms with Crippen molar-refractivity contribution in [3.63, 3.8) is 0 Å². The SMILES string of the molecule is Cc1cc([N+](=O)[O-])ccc1NC(=O)C(=O)Nc1cccc(N2CCCC2=O)c1. The molecule has 0 aliphatic carbocycles. The average Bonchev–Trinajstić information content (AvgIpc) is 3.09. The van der Waals surface area contributed by atoms with E-state index in [1.54, 1.807) is 36.1 Å². The first-order valence-electron chi connectivity index (χ1n) is 8.63. The number of amides is 3. The third kappa shape index (κ3) is 4.14. The first kappa shape index (κ1) is 19.0.